The number of ether oxygens (including phenoxy) is 3. The largest absolute Gasteiger partial charge is 0.544 e. The van der Waals surface area contributed by atoms with E-state index in [2.05, 4.69) is 74.6 Å². The number of carbonyl (C=O) groups excluding carboxylic acids is 3. The number of unbranched alkanes of at least 4 members (excludes halogenated alkanes) is 6. The van der Waals surface area contributed by atoms with Crippen LogP contribution in [-0.4, -0.2) is 75.5 Å². The van der Waals surface area contributed by atoms with Crippen molar-refractivity contribution in [2.45, 2.75) is 129 Å². The number of carbonyl (C=O) groups is 3. The van der Waals surface area contributed by atoms with Gasteiger partial charge in [-0.05, 0) is 70.6 Å². The van der Waals surface area contributed by atoms with Crippen LogP contribution >= 0.6 is 0 Å². The van der Waals surface area contributed by atoms with Crippen molar-refractivity contribution in [3.8, 4) is 0 Å². The first-order valence-electron chi connectivity index (χ1n) is 21.8. The molecule has 0 heterocycles. The Balaban J connectivity index is 4.55. The van der Waals surface area contributed by atoms with Gasteiger partial charge in [-0.25, -0.2) is 0 Å². The first-order valence-corrected chi connectivity index (χ1v) is 21.8. The molecule has 0 aliphatic heterocycles. The molecular formula is C51H77NO7. The summed E-state index contributed by atoms with van der Waals surface area (Å²) >= 11 is 0. The number of esters is 2. The van der Waals surface area contributed by atoms with E-state index in [-0.39, 0.29) is 55.5 Å². The highest BCUT2D eigenvalue weighted by Gasteiger charge is 2.25. The number of aliphatic carboxylic acids is 1. The molecule has 0 rings (SSSR count). The van der Waals surface area contributed by atoms with Crippen LogP contribution in [0.1, 0.15) is 117 Å². The van der Waals surface area contributed by atoms with Crippen molar-refractivity contribution in [2.24, 2.45) is 0 Å². The third-order valence-electron chi connectivity index (χ3n) is 8.73. The van der Waals surface area contributed by atoms with E-state index in [0.29, 0.717) is 12.8 Å². The zero-order chi connectivity index (χ0) is 43.5. The zero-order valence-electron chi connectivity index (χ0n) is 37.1. The molecule has 0 aliphatic carbocycles. The Morgan fingerprint density at radius 1 is 0.525 bits per heavy atom. The summed E-state index contributed by atoms with van der Waals surface area (Å²) < 4.78 is 17.1. The van der Waals surface area contributed by atoms with Gasteiger partial charge in [0, 0.05) is 19.3 Å². The predicted octanol–water partition coefficient (Wildman–Crippen LogP) is 10.7. The molecule has 0 radical (unpaired) electrons. The van der Waals surface area contributed by atoms with Crippen LogP contribution in [0.4, 0.5) is 0 Å². The van der Waals surface area contributed by atoms with E-state index in [1.165, 1.54) is 0 Å². The van der Waals surface area contributed by atoms with Crippen LogP contribution < -0.4 is 5.11 Å². The highest BCUT2D eigenvalue weighted by molar-refractivity contribution is 5.70. The molecule has 0 saturated heterocycles. The van der Waals surface area contributed by atoms with Gasteiger partial charge in [-0.3, -0.25) is 9.59 Å². The maximum absolute atomic E-state index is 12.7. The van der Waals surface area contributed by atoms with Gasteiger partial charge in [0.25, 0.3) is 0 Å². The molecule has 0 amide bonds. The van der Waals surface area contributed by atoms with Crippen molar-refractivity contribution in [1.29, 1.82) is 0 Å². The van der Waals surface area contributed by atoms with Gasteiger partial charge in [0.2, 0.25) is 0 Å². The number of allylic oxidation sites excluding steroid dienone is 22. The molecule has 0 aliphatic rings. The van der Waals surface area contributed by atoms with Gasteiger partial charge in [0.15, 0.2) is 6.10 Å². The van der Waals surface area contributed by atoms with Crippen molar-refractivity contribution < 1.29 is 38.2 Å². The predicted molar refractivity (Wildman–Crippen MR) is 244 cm³/mol. The van der Waals surface area contributed by atoms with Gasteiger partial charge in [0.05, 0.1) is 40.3 Å². The maximum Gasteiger partial charge on any atom is 0.306 e. The van der Waals surface area contributed by atoms with Gasteiger partial charge in [-0.2, -0.15) is 0 Å². The number of likely N-dealkylation sites (N-methyl/N-ethyl adjacent to an activating group) is 1. The van der Waals surface area contributed by atoms with Crippen LogP contribution in [0.25, 0.3) is 0 Å². The molecule has 0 aromatic heterocycles. The summed E-state index contributed by atoms with van der Waals surface area (Å²) in [6, 6.07) is -0.749. The van der Waals surface area contributed by atoms with E-state index in [4.69, 9.17) is 14.2 Å². The van der Waals surface area contributed by atoms with Crippen LogP contribution in [0.15, 0.2) is 134 Å². The molecule has 59 heavy (non-hydrogen) atoms. The molecule has 328 valence electrons. The molecule has 0 saturated carbocycles. The lowest BCUT2D eigenvalue weighted by molar-refractivity contribution is -0.889. The molecule has 2 unspecified atom stereocenters. The molecule has 0 bridgehead atoms. The second-order valence-electron chi connectivity index (χ2n) is 15.0. The van der Waals surface area contributed by atoms with Gasteiger partial charge in [-0.1, -0.05) is 160 Å². The molecule has 8 heteroatoms. The van der Waals surface area contributed by atoms with E-state index in [9.17, 15) is 19.5 Å². The maximum atomic E-state index is 12.7. The Morgan fingerprint density at radius 3 is 1.49 bits per heavy atom. The lowest BCUT2D eigenvalue weighted by Gasteiger charge is -2.34. The second-order valence-corrected chi connectivity index (χ2v) is 15.0. The molecule has 2 atom stereocenters. The summed E-state index contributed by atoms with van der Waals surface area (Å²) in [5, 5.41) is 11.6. The van der Waals surface area contributed by atoms with Crippen molar-refractivity contribution >= 4 is 17.9 Å². The van der Waals surface area contributed by atoms with Crippen LogP contribution in [0.2, 0.25) is 0 Å². The van der Waals surface area contributed by atoms with Crippen molar-refractivity contribution in [3.05, 3.63) is 134 Å². The SMILES string of the molecule is CC/C=C/C=C/C=C/C=C/C=C/C=C/C=C/CCCCCC(=O)OCC(COCCC(C(=O)[O-])[N+](C)(C)C)OC(=O)CCCCC/C=C/C/C=C/C/C=C/C/C=C/CC. The van der Waals surface area contributed by atoms with Crippen LogP contribution in [0, 0.1) is 0 Å². The quantitative estimate of drug-likeness (QED) is 0.0204. The second kappa shape index (κ2) is 40.3. The standard InChI is InChI=1S/C51H77NO7/c1-6-8-10-12-14-16-18-20-22-24-25-26-28-29-31-33-35-37-39-41-49(53)58-46-47(45-57-44-43-48(51(55)56)52(3,4)5)59-50(54)42-40-38-36-34-32-30-27-23-21-19-17-15-13-11-9-7-2/h8-12,14-18,20-26,28-32,47-48H,6-7,13,19,27,33-46H2,1-5H3/b10-8+,11-9+,14-12+,17-15+,18-16+,22-20+,23-21+,25-24+,28-26+,31-29+,32-30+. The van der Waals surface area contributed by atoms with Crippen molar-refractivity contribution in [1.82, 2.24) is 0 Å². The lowest BCUT2D eigenvalue weighted by Crippen LogP contribution is -2.55. The minimum Gasteiger partial charge on any atom is -0.544 e. The first kappa shape index (κ1) is 54.5. The van der Waals surface area contributed by atoms with E-state index < -0.39 is 18.1 Å². The van der Waals surface area contributed by atoms with Gasteiger partial charge in [-0.15, -0.1) is 0 Å². The van der Waals surface area contributed by atoms with E-state index in [1.807, 2.05) is 72.9 Å². The van der Waals surface area contributed by atoms with Crippen molar-refractivity contribution in [3.63, 3.8) is 0 Å². The summed E-state index contributed by atoms with van der Waals surface area (Å²) in [7, 11) is 5.36. The molecule has 0 aromatic carbocycles. The van der Waals surface area contributed by atoms with E-state index >= 15 is 0 Å². The molecule has 8 nitrogen and oxygen atoms in total. The topological polar surface area (TPSA) is 102 Å². The third kappa shape index (κ3) is 38.7. The number of hydrogen-bond donors (Lipinski definition) is 0. The number of carboxylic acids is 1. The minimum absolute atomic E-state index is 0.00161. The Hall–Kier alpha value is -4.53. The molecule has 0 spiro atoms. The summed E-state index contributed by atoms with van der Waals surface area (Å²) in [6.07, 6.45) is 57.6. The minimum atomic E-state index is -1.15. The highest BCUT2D eigenvalue weighted by atomic mass is 16.6. The smallest absolute Gasteiger partial charge is 0.306 e. The molecule has 0 N–H and O–H groups in total. The van der Waals surface area contributed by atoms with Gasteiger partial charge >= 0.3 is 11.9 Å². The summed E-state index contributed by atoms with van der Waals surface area (Å²) in [5.74, 6) is -1.86. The normalized spacial score (nSPS) is 14.3. The lowest BCUT2D eigenvalue weighted by atomic mass is 10.1. The van der Waals surface area contributed by atoms with E-state index in [0.717, 1.165) is 70.6 Å². The van der Waals surface area contributed by atoms with Crippen LogP contribution in [-0.2, 0) is 28.6 Å². The molecular weight excluding hydrogens is 739 g/mol. The van der Waals surface area contributed by atoms with Crippen LogP contribution in [0.3, 0.4) is 0 Å². The van der Waals surface area contributed by atoms with E-state index in [1.54, 1.807) is 21.1 Å². The Morgan fingerprint density at radius 2 is 0.983 bits per heavy atom. The Bertz CT molecular complexity index is 1420. The fraction of sp³-hybridized carbons (Fsp3) is 0.510. The number of rotatable bonds is 36. The molecule has 0 fully saturated rings. The highest BCUT2D eigenvalue weighted by Crippen LogP contribution is 2.11. The van der Waals surface area contributed by atoms with Crippen LogP contribution in [0.5, 0.6) is 0 Å². The Labute approximate surface area is 358 Å². The summed E-state index contributed by atoms with van der Waals surface area (Å²) in [6.45, 7) is 4.28. The summed E-state index contributed by atoms with van der Waals surface area (Å²) in [4.78, 5) is 36.9. The molecule has 0 aromatic rings. The average molecular weight is 816 g/mol. The monoisotopic (exact) mass is 816 g/mol. The van der Waals surface area contributed by atoms with Gasteiger partial charge in [0.1, 0.15) is 12.6 Å². The number of quaternary nitrogens is 1. The zero-order valence-corrected chi connectivity index (χ0v) is 37.1. The first-order chi connectivity index (χ1) is 28.6. The average Bonchev–Trinajstić information content (AvgIpc) is 3.19. The number of nitrogens with zero attached hydrogens (tertiary/aromatic N) is 1. The number of hydrogen-bond acceptors (Lipinski definition) is 7. The van der Waals surface area contributed by atoms with Crippen molar-refractivity contribution in [2.75, 3.05) is 41.0 Å². The Kier molecular flexibility index (Phi) is 37.2. The fourth-order valence-electron chi connectivity index (χ4n) is 5.40. The third-order valence-corrected chi connectivity index (χ3v) is 8.73. The number of carboxylic acid groups (broad SMARTS) is 1. The summed E-state index contributed by atoms with van der Waals surface area (Å²) in [5.41, 5.74) is 0. The van der Waals surface area contributed by atoms with Gasteiger partial charge < -0.3 is 28.6 Å². The fourth-order valence-corrected chi connectivity index (χ4v) is 5.40.